The van der Waals surface area contributed by atoms with Gasteiger partial charge in [-0.2, -0.15) is 0 Å². The van der Waals surface area contributed by atoms with Crippen LogP contribution in [0.1, 0.15) is 23.7 Å². The van der Waals surface area contributed by atoms with Crippen molar-refractivity contribution in [3.8, 4) is 11.1 Å². The molecule has 0 aliphatic carbocycles. The molecule has 0 bridgehead atoms. The van der Waals surface area contributed by atoms with E-state index in [0.717, 1.165) is 5.56 Å². The molecule has 1 aliphatic heterocycles. The monoisotopic (exact) mass is 361 g/mol. The van der Waals surface area contributed by atoms with E-state index in [1.54, 1.807) is 35.2 Å². The number of rotatable bonds is 4. The molecule has 1 amide bonds. The van der Waals surface area contributed by atoms with E-state index in [-0.39, 0.29) is 29.3 Å². The molecule has 4 nitrogen and oxygen atoms in total. The lowest BCUT2D eigenvalue weighted by atomic mass is 10.0. The smallest absolute Gasteiger partial charge is 0.254 e. The van der Waals surface area contributed by atoms with Gasteiger partial charge < -0.3 is 4.90 Å². The molecular formula is C19H20FNO3S. The Hall–Kier alpha value is -2.21. The SMILES string of the molecule is CCN(C(=O)c1cccc(-c2cccc(F)c2)c1)[C@@H]1CCS(=O)(=O)C1. The zero-order valence-electron chi connectivity index (χ0n) is 14.0. The largest absolute Gasteiger partial charge is 0.335 e. The zero-order valence-corrected chi connectivity index (χ0v) is 14.8. The van der Waals surface area contributed by atoms with Crippen LogP contribution < -0.4 is 0 Å². The van der Waals surface area contributed by atoms with Gasteiger partial charge in [-0.1, -0.05) is 24.3 Å². The molecule has 1 atom stereocenters. The average molecular weight is 361 g/mol. The minimum Gasteiger partial charge on any atom is -0.335 e. The lowest BCUT2D eigenvalue weighted by Gasteiger charge is -2.27. The fraction of sp³-hybridized carbons (Fsp3) is 0.316. The molecule has 2 aromatic carbocycles. The van der Waals surface area contributed by atoms with Gasteiger partial charge in [0, 0.05) is 18.2 Å². The van der Waals surface area contributed by atoms with E-state index in [0.29, 0.717) is 24.1 Å². The first-order valence-corrected chi connectivity index (χ1v) is 10.1. The van der Waals surface area contributed by atoms with Gasteiger partial charge in [-0.15, -0.1) is 0 Å². The summed E-state index contributed by atoms with van der Waals surface area (Å²) in [5, 5.41) is 0. The number of benzene rings is 2. The Morgan fingerprint density at radius 3 is 2.44 bits per heavy atom. The second-order valence-corrected chi connectivity index (χ2v) is 8.47. The van der Waals surface area contributed by atoms with Gasteiger partial charge >= 0.3 is 0 Å². The summed E-state index contributed by atoms with van der Waals surface area (Å²) in [5.41, 5.74) is 1.93. The number of hydrogen-bond donors (Lipinski definition) is 0. The molecule has 132 valence electrons. The topological polar surface area (TPSA) is 54.5 Å². The van der Waals surface area contributed by atoms with Crippen molar-refractivity contribution in [2.75, 3.05) is 18.1 Å². The highest BCUT2D eigenvalue weighted by Gasteiger charge is 2.34. The third kappa shape index (κ3) is 3.90. The van der Waals surface area contributed by atoms with Crippen LogP contribution in [0.25, 0.3) is 11.1 Å². The molecule has 6 heteroatoms. The van der Waals surface area contributed by atoms with E-state index in [4.69, 9.17) is 0 Å². The van der Waals surface area contributed by atoms with E-state index in [9.17, 15) is 17.6 Å². The number of sulfone groups is 1. The molecule has 1 heterocycles. The first-order valence-electron chi connectivity index (χ1n) is 8.27. The minimum absolute atomic E-state index is 0.0240. The normalized spacial score (nSPS) is 18.9. The van der Waals surface area contributed by atoms with Gasteiger partial charge in [-0.25, -0.2) is 12.8 Å². The number of halogens is 1. The number of carbonyl (C=O) groups excluding carboxylic acids is 1. The summed E-state index contributed by atoms with van der Waals surface area (Å²) in [4.78, 5) is 14.5. The summed E-state index contributed by atoms with van der Waals surface area (Å²) in [6.07, 6.45) is 0.478. The van der Waals surface area contributed by atoms with Gasteiger partial charge in [0.25, 0.3) is 5.91 Å². The molecule has 1 fully saturated rings. The van der Waals surface area contributed by atoms with Crippen LogP contribution in [0.15, 0.2) is 48.5 Å². The van der Waals surface area contributed by atoms with Crippen molar-refractivity contribution >= 4 is 15.7 Å². The number of hydrogen-bond acceptors (Lipinski definition) is 3. The predicted molar refractivity (Wildman–Crippen MR) is 95.6 cm³/mol. The first-order chi connectivity index (χ1) is 11.9. The van der Waals surface area contributed by atoms with Crippen molar-refractivity contribution < 1.29 is 17.6 Å². The molecule has 0 aromatic heterocycles. The maximum atomic E-state index is 13.4. The summed E-state index contributed by atoms with van der Waals surface area (Å²) >= 11 is 0. The molecule has 0 radical (unpaired) electrons. The number of carbonyl (C=O) groups is 1. The maximum absolute atomic E-state index is 13.4. The molecule has 0 unspecified atom stereocenters. The number of nitrogens with zero attached hydrogens (tertiary/aromatic N) is 1. The highest BCUT2D eigenvalue weighted by molar-refractivity contribution is 7.91. The summed E-state index contributed by atoms with van der Waals surface area (Å²) in [6, 6.07) is 12.9. The van der Waals surface area contributed by atoms with Crippen LogP contribution in [0.3, 0.4) is 0 Å². The average Bonchev–Trinajstić information content (AvgIpc) is 2.95. The molecule has 3 rings (SSSR count). The fourth-order valence-electron chi connectivity index (χ4n) is 3.25. The Labute approximate surface area is 147 Å². The minimum atomic E-state index is -3.06. The highest BCUT2D eigenvalue weighted by Crippen LogP contribution is 2.24. The number of amides is 1. The van der Waals surface area contributed by atoms with Crippen molar-refractivity contribution in [2.24, 2.45) is 0 Å². The van der Waals surface area contributed by atoms with Crippen LogP contribution in [0, 0.1) is 5.82 Å². The van der Waals surface area contributed by atoms with Gasteiger partial charge in [0.1, 0.15) is 5.82 Å². The molecule has 0 N–H and O–H groups in total. The van der Waals surface area contributed by atoms with Crippen LogP contribution in [0.2, 0.25) is 0 Å². The Bertz CT molecular complexity index is 895. The van der Waals surface area contributed by atoms with E-state index < -0.39 is 9.84 Å². The summed E-state index contributed by atoms with van der Waals surface area (Å²) in [6.45, 7) is 2.29. The molecule has 0 spiro atoms. The second-order valence-electron chi connectivity index (χ2n) is 6.24. The summed E-state index contributed by atoms with van der Waals surface area (Å²) in [5.74, 6) is -0.371. The third-order valence-corrected chi connectivity index (χ3v) is 6.27. The molecule has 2 aromatic rings. The van der Waals surface area contributed by atoms with E-state index in [2.05, 4.69) is 0 Å². The zero-order chi connectivity index (χ0) is 18.0. The van der Waals surface area contributed by atoms with Crippen molar-refractivity contribution in [2.45, 2.75) is 19.4 Å². The van der Waals surface area contributed by atoms with E-state index in [1.165, 1.54) is 12.1 Å². The molecule has 1 saturated heterocycles. The van der Waals surface area contributed by atoms with Crippen LogP contribution >= 0.6 is 0 Å². The Balaban J connectivity index is 1.88. The summed E-state index contributed by atoms with van der Waals surface area (Å²) < 4.78 is 36.9. The standard InChI is InChI=1S/C19H20FNO3S/c1-2-21(18-9-10-25(23,24)13-18)19(22)16-7-3-5-14(11-16)15-6-4-8-17(20)12-15/h3-8,11-12,18H,2,9-10,13H2,1H3/t18-/m1/s1. The van der Waals surface area contributed by atoms with Crippen molar-refractivity contribution in [3.05, 3.63) is 59.9 Å². The Morgan fingerprint density at radius 2 is 1.84 bits per heavy atom. The Morgan fingerprint density at radius 1 is 1.16 bits per heavy atom. The van der Waals surface area contributed by atoms with Gasteiger partial charge in [-0.3, -0.25) is 4.79 Å². The van der Waals surface area contributed by atoms with Crippen molar-refractivity contribution in [1.29, 1.82) is 0 Å². The van der Waals surface area contributed by atoms with Crippen LogP contribution in [-0.4, -0.2) is 43.3 Å². The van der Waals surface area contributed by atoms with E-state index in [1.807, 2.05) is 13.0 Å². The molecule has 1 aliphatic rings. The first kappa shape index (κ1) is 17.6. The third-order valence-electron chi connectivity index (χ3n) is 4.52. The lowest BCUT2D eigenvalue weighted by molar-refractivity contribution is 0.0708. The van der Waals surface area contributed by atoms with Crippen LogP contribution in [-0.2, 0) is 9.84 Å². The lowest BCUT2D eigenvalue weighted by Crippen LogP contribution is -2.40. The fourth-order valence-corrected chi connectivity index (χ4v) is 4.99. The van der Waals surface area contributed by atoms with Gasteiger partial charge in [0.05, 0.1) is 11.5 Å². The predicted octanol–water partition coefficient (Wildman–Crippen LogP) is 3.14. The Kier molecular flexibility index (Phi) is 4.90. The summed E-state index contributed by atoms with van der Waals surface area (Å²) in [7, 11) is -3.06. The molecule has 0 saturated carbocycles. The van der Waals surface area contributed by atoms with Gasteiger partial charge in [0.2, 0.25) is 0 Å². The molecule has 25 heavy (non-hydrogen) atoms. The second kappa shape index (κ2) is 6.96. The van der Waals surface area contributed by atoms with Crippen LogP contribution in [0.5, 0.6) is 0 Å². The van der Waals surface area contributed by atoms with Crippen LogP contribution in [0.4, 0.5) is 4.39 Å². The van der Waals surface area contributed by atoms with Gasteiger partial charge in [-0.05, 0) is 48.7 Å². The molecular weight excluding hydrogens is 341 g/mol. The van der Waals surface area contributed by atoms with E-state index >= 15 is 0 Å². The van der Waals surface area contributed by atoms with Crippen molar-refractivity contribution in [1.82, 2.24) is 4.90 Å². The van der Waals surface area contributed by atoms with Crippen molar-refractivity contribution in [3.63, 3.8) is 0 Å². The quantitative estimate of drug-likeness (QED) is 0.841. The maximum Gasteiger partial charge on any atom is 0.254 e. The van der Waals surface area contributed by atoms with Gasteiger partial charge in [0.15, 0.2) is 9.84 Å². The highest BCUT2D eigenvalue weighted by atomic mass is 32.2.